The van der Waals surface area contributed by atoms with E-state index in [0.29, 0.717) is 11.6 Å². The lowest BCUT2D eigenvalue weighted by atomic mass is 10.2. The van der Waals surface area contributed by atoms with E-state index in [1.54, 1.807) is 6.20 Å². The maximum Gasteiger partial charge on any atom is 0.276 e. The van der Waals surface area contributed by atoms with Crippen LogP contribution in [0.1, 0.15) is 35.0 Å². The van der Waals surface area contributed by atoms with Crippen molar-refractivity contribution in [1.82, 2.24) is 24.7 Å². The van der Waals surface area contributed by atoms with E-state index in [0.717, 1.165) is 57.9 Å². The second kappa shape index (κ2) is 6.16. The van der Waals surface area contributed by atoms with Crippen LogP contribution in [0.4, 0.5) is 0 Å². The molecule has 0 spiro atoms. The smallest absolute Gasteiger partial charge is 0.276 e. The van der Waals surface area contributed by atoms with Gasteiger partial charge in [0.15, 0.2) is 5.69 Å². The number of carbonyl (C=O) groups excluding carboxylic acids is 1. The molecule has 1 saturated carbocycles. The minimum absolute atomic E-state index is 0.00706. The van der Waals surface area contributed by atoms with Gasteiger partial charge in [-0.1, -0.05) is 5.16 Å². The molecule has 1 aliphatic heterocycles. The maximum absolute atomic E-state index is 12.5. The second-order valence-corrected chi connectivity index (χ2v) is 6.29. The Hall–Kier alpha value is -2.15. The first-order valence-corrected chi connectivity index (χ1v) is 8.25. The Morgan fingerprint density at radius 3 is 2.74 bits per heavy atom. The average Bonchev–Trinajstić information content (AvgIpc) is 3.11. The first-order chi connectivity index (χ1) is 11.3. The Kier molecular flexibility index (Phi) is 3.87. The van der Waals surface area contributed by atoms with E-state index in [-0.39, 0.29) is 5.91 Å². The molecular formula is C16H21N5O2. The molecule has 2 fully saturated rings. The molecule has 7 heteroatoms. The van der Waals surface area contributed by atoms with Crippen molar-refractivity contribution in [2.45, 2.75) is 25.3 Å². The monoisotopic (exact) mass is 315 g/mol. The summed E-state index contributed by atoms with van der Waals surface area (Å²) in [7, 11) is 0. The molecule has 2 aromatic rings. The summed E-state index contributed by atoms with van der Waals surface area (Å²) in [6.45, 7) is 5.10. The Morgan fingerprint density at radius 2 is 2.04 bits per heavy atom. The molecule has 0 atom stereocenters. The van der Waals surface area contributed by atoms with Crippen molar-refractivity contribution in [3.63, 3.8) is 0 Å². The maximum atomic E-state index is 12.5. The molecule has 2 aliphatic rings. The topological polar surface area (TPSA) is 67.4 Å². The third-order valence-electron chi connectivity index (χ3n) is 4.59. The lowest BCUT2D eigenvalue weighted by Crippen LogP contribution is -2.49. The third kappa shape index (κ3) is 3.29. The highest BCUT2D eigenvalue weighted by Crippen LogP contribution is 2.40. The highest BCUT2D eigenvalue weighted by atomic mass is 16.5. The minimum Gasteiger partial charge on any atom is -0.360 e. The van der Waals surface area contributed by atoms with E-state index >= 15 is 0 Å². The third-order valence-corrected chi connectivity index (χ3v) is 4.59. The molecule has 1 saturated heterocycles. The van der Waals surface area contributed by atoms with Crippen molar-refractivity contribution in [1.29, 1.82) is 0 Å². The Bertz CT molecular complexity index is 654. The zero-order valence-corrected chi connectivity index (χ0v) is 13.1. The highest BCUT2D eigenvalue weighted by molar-refractivity contribution is 5.92. The highest BCUT2D eigenvalue weighted by Gasteiger charge is 2.30. The Morgan fingerprint density at radius 1 is 1.22 bits per heavy atom. The van der Waals surface area contributed by atoms with Crippen LogP contribution in [0.3, 0.4) is 0 Å². The lowest BCUT2D eigenvalue weighted by molar-refractivity contribution is 0.0622. The molecule has 7 nitrogen and oxygen atoms in total. The number of rotatable bonds is 5. The molecule has 2 aromatic heterocycles. The number of piperazine rings is 1. The second-order valence-electron chi connectivity index (χ2n) is 6.29. The molecule has 0 unspecified atom stereocenters. The molecule has 0 aromatic carbocycles. The quantitative estimate of drug-likeness (QED) is 0.829. The van der Waals surface area contributed by atoms with Crippen molar-refractivity contribution in [3.05, 3.63) is 36.0 Å². The van der Waals surface area contributed by atoms with Gasteiger partial charge in [0, 0.05) is 57.1 Å². The van der Waals surface area contributed by atoms with Gasteiger partial charge in [0.25, 0.3) is 5.91 Å². The van der Waals surface area contributed by atoms with Crippen LogP contribution in [-0.2, 0) is 6.54 Å². The van der Waals surface area contributed by atoms with Crippen LogP contribution in [0.25, 0.3) is 0 Å². The van der Waals surface area contributed by atoms with Crippen molar-refractivity contribution < 1.29 is 9.32 Å². The Labute approximate surface area is 134 Å². The van der Waals surface area contributed by atoms with Crippen LogP contribution >= 0.6 is 0 Å². The number of hydrogen-bond acceptors (Lipinski definition) is 5. The number of nitrogens with zero attached hydrogens (tertiary/aromatic N) is 5. The van der Waals surface area contributed by atoms with Gasteiger partial charge < -0.3 is 9.42 Å². The van der Waals surface area contributed by atoms with Crippen LogP contribution < -0.4 is 0 Å². The van der Waals surface area contributed by atoms with Gasteiger partial charge >= 0.3 is 0 Å². The number of carbonyl (C=O) groups is 1. The van der Waals surface area contributed by atoms with Gasteiger partial charge in [-0.25, -0.2) is 0 Å². The van der Waals surface area contributed by atoms with Gasteiger partial charge in [0.2, 0.25) is 0 Å². The molecule has 0 N–H and O–H groups in total. The molecule has 1 amide bonds. The average molecular weight is 315 g/mol. The van der Waals surface area contributed by atoms with Crippen molar-refractivity contribution in [2.75, 3.05) is 32.7 Å². The summed E-state index contributed by atoms with van der Waals surface area (Å²) in [4.78, 5) is 16.7. The molecule has 4 rings (SSSR count). The molecule has 23 heavy (non-hydrogen) atoms. The van der Waals surface area contributed by atoms with Crippen LogP contribution in [0, 0.1) is 0 Å². The van der Waals surface area contributed by atoms with E-state index in [1.807, 2.05) is 27.9 Å². The fourth-order valence-corrected chi connectivity index (χ4v) is 2.96. The summed E-state index contributed by atoms with van der Waals surface area (Å²) in [6.07, 6.45) is 6.07. The normalized spacial score (nSPS) is 19.2. The van der Waals surface area contributed by atoms with Crippen LogP contribution in [-0.4, -0.2) is 63.4 Å². The largest absolute Gasteiger partial charge is 0.360 e. The van der Waals surface area contributed by atoms with E-state index < -0.39 is 0 Å². The van der Waals surface area contributed by atoms with E-state index in [4.69, 9.17) is 4.52 Å². The van der Waals surface area contributed by atoms with E-state index in [1.165, 1.54) is 0 Å². The van der Waals surface area contributed by atoms with Crippen molar-refractivity contribution in [2.24, 2.45) is 0 Å². The SMILES string of the molecule is O=C(c1cc(C2CC2)on1)N1CCN(CCn2cccn2)CC1. The Balaban J connectivity index is 1.27. The molecule has 3 heterocycles. The summed E-state index contributed by atoms with van der Waals surface area (Å²) in [5, 5.41) is 8.16. The number of amides is 1. The van der Waals surface area contributed by atoms with Crippen molar-refractivity contribution in [3.8, 4) is 0 Å². The van der Waals surface area contributed by atoms with Gasteiger partial charge in [-0.3, -0.25) is 14.4 Å². The predicted octanol–water partition coefficient (Wildman–Crippen LogP) is 1.21. The van der Waals surface area contributed by atoms with Gasteiger partial charge in [-0.2, -0.15) is 5.10 Å². The predicted molar refractivity (Wildman–Crippen MR) is 83.0 cm³/mol. The van der Waals surface area contributed by atoms with Crippen molar-refractivity contribution >= 4 is 5.91 Å². The minimum atomic E-state index is -0.00706. The first kappa shape index (κ1) is 14.4. The van der Waals surface area contributed by atoms with E-state index in [2.05, 4.69) is 15.2 Å². The first-order valence-electron chi connectivity index (χ1n) is 8.25. The summed E-state index contributed by atoms with van der Waals surface area (Å²) < 4.78 is 7.22. The summed E-state index contributed by atoms with van der Waals surface area (Å²) in [6, 6.07) is 3.76. The lowest BCUT2D eigenvalue weighted by Gasteiger charge is -2.34. The van der Waals surface area contributed by atoms with Gasteiger partial charge in [-0.15, -0.1) is 0 Å². The van der Waals surface area contributed by atoms with Gasteiger partial charge in [0.05, 0.1) is 6.54 Å². The summed E-state index contributed by atoms with van der Waals surface area (Å²) >= 11 is 0. The zero-order chi connectivity index (χ0) is 15.6. The summed E-state index contributed by atoms with van der Waals surface area (Å²) in [5.74, 6) is 1.35. The van der Waals surface area contributed by atoms with Gasteiger partial charge in [-0.05, 0) is 18.9 Å². The standard InChI is InChI=1S/C16H21N5O2/c22-16(14-12-15(23-18-14)13-2-3-13)20-9-6-19(7-10-20)8-11-21-5-1-4-17-21/h1,4-5,12-13H,2-3,6-11H2. The summed E-state index contributed by atoms with van der Waals surface area (Å²) in [5.41, 5.74) is 0.455. The van der Waals surface area contributed by atoms with Crippen LogP contribution in [0.5, 0.6) is 0 Å². The zero-order valence-electron chi connectivity index (χ0n) is 13.1. The van der Waals surface area contributed by atoms with Crippen LogP contribution in [0.2, 0.25) is 0 Å². The number of hydrogen-bond donors (Lipinski definition) is 0. The molecule has 0 bridgehead atoms. The fraction of sp³-hybridized carbons (Fsp3) is 0.562. The van der Waals surface area contributed by atoms with E-state index in [9.17, 15) is 4.79 Å². The number of aromatic nitrogens is 3. The molecular weight excluding hydrogens is 294 g/mol. The molecule has 122 valence electrons. The molecule has 1 aliphatic carbocycles. The van der Waals surface area contributed by atoms with Crippen LogP contribution in [0.15, 0.2) is 29.0 Å². The molecule has 0 radical (unpaired) electrons. The fourth-order valence-electron chi connectivity index (χ4n) is 2.96. The van der Waals surface area contributed by atoms with Gasteiger partial charge in [0.1, 0.15) is 5.76 Å².